The lowest BCUT2D eigenvalue weighted by molar-refractivity contribution is 0.188. The Kier molecular flexibility index (Phi) is 3.42. The number of rotatable bonds is 1. The highest BCUT2D eigenvalue weighted by atomic mass is 14.9. The van der Waals surface area contributed by atoms with Crippen LogP contribution in [0, 0.1) is 26.2 Å². The van der Waals surface area contributed by atoms with Gasteiger partial charge in [0.2, 0.25) is 0 Å². The van der Waals surface area contributed by atoms with Crippen molar-refractivity contribution < 1.29 is 0 Å². The van der Waals surface area contributed by atoms with Gasteiger partial charge in [-0.15, -0.1) is 0 Å². The molecule has 1 spiro atoms. The monoisotopic (exact) mass is 257 g/mol. The molecule has 1 heteroatoms. The minimum atomic E-state index is 0.559. The third-order valence-electron chi connectivity index (χ3n) is 5.50. The van der Waals surface area contributed by atoms with E-state index in [2.05, 4.69) is 38.2 Å². The molecule has 0 bridgehead atoms. The van der Waals surface area contributed by atoms with Gasteiger partial charge in [-0.05, 0) is 55.7 Å². The SMILES string of the molecule is Cc1cc(C)c(C2CNCC23CCCCC3)c(C)c1. The number of nitrogens with one attached hydrogen (secondary N) is 1. The quantitative estimate of drug-likeness (QED) is 0.793. The normalized spacial score (nSPS) is 25.9. The van der Waals surface area contributed by atoms with Gasteiger partial charge in [0.25, 0.3) is 0 Å². The van der Waals surface area contributed by atoms with E-state index in [1.54, 1.807) is 5.56 Å². The van der Waals surface area contributed by atoms with Crippen molar-refractivity contribution in [1.82, 2.24) is 5.32 Å². The molecule has 1 aromatic carbocycles. The van der Waals surface area contributed by atoms with Gasteiger partial charge in [0.1, 0.15) is 0 Å². The molecular weight excluding hydrogens is 230 g/mol. The van der Waals surface area contributed by atoms with Gasteiger partial charge in [-0.2, -0.15) is 0 Å². The second-order valence-electron chi connectivity index (χ2n) is 6.92. The van der Waals surface area contributed by atoms with Gasteiger partial charge in [0.15, 0.2) is 0 Å². The Morgan fingerprint density at radius 3 is 2.26 bits per heavy atom. The topological polar surface area (TPSA) is 12.0 Å². The summed E-state index contributed by atoms with van der Waals surface area (Å²) in [5, 5.41) is 3.70. The highest BCUT2D eigenvalue weighted by Gasteiger charge is 2.44. The standard InChI is InChI=1S/C18H27N/c1-13-9-14(2)17(15(3)10-13)16-11-19-12-18(16)7-5-4-6-8-18/h9-10,16,19H,4-8,11-12H2,1-3H3. The van der Waals surface area contributed by atoms with Crippen LogP contribution in [-0.2, 0) is 0 Å². The number of hydrogen-bond acceptors (Lipinski definition) is 1. The summed E-state index contributed by atoms with van der Waals surface area (Å²) in [5.74, 6) is 0.744. The molecule has 0 amide bonds. The molecule has 0 aromatic heterocycles. The molecule has 1 aliphatic heterocycles. The molecule has 1 unspecified atom stereocenters. The Hall–Kier alpha value is -0.820. The van der Waals surface area contributed by atoms with Gasteiger partial charge in [-0.1, -0.05) is 37.0 Å². The Balaban J connectivity index is 2.01. The van der Waals surface area contributed by atoms with Gasteiger partial charge in [0, 0.05) is 19.0 Å². The van der Waals surface area contributed by atoms with E-state index < -0.39 is 0 Å². The lowest BCUT2D eigenvalue weighted by Crippen LogP contribution is -2.32. The van der Waals surface area contributed by atoms with E-state index in [-0.39, 0.29) is 0 Å². The van der Waals surface area contributed by atoms with E-state index in [0.717, 1.165) is 5.92 Å². The molecule has 1 N–H and O–H groups in total. The fourth-order valence-electron chi connectivity index (χ4n) is 4.74. The first-order valence-corrected chi connectivity index (χ1v) is 7.91. The summed E-state index contributed by atoms with van der Waals surface area (Å²) in [6.45, 7) is 9.26. The summed E-state index contributed by atoms with van der Waals surface area (Å²) in [4.78, 5) is 0. The first-order valence-electron chi connectivity index (χ1n) is 7.91. The summed E-state index contributed by atoms with van der Waals surface area (Å²) in [7, 11) is 0. The summed E-state index contributed by atoms with van der Waals surface area (Å²) in [6, 6.07) is 4.74. The zero-order chi connectivity index (χ0) is 13.5. The van der Waals surface area contributed by atoms with Crippen LogP contribution >= 0.6 is 0 Å². The third kappa shape index (κ3) is 2.23. The molecule has 19 heavy (non-hydrogen) atoms. The number of hydrogen-bond donors (Lipinski definition) is 1. The van der Waals surface area contributed by atoms with Gasteiger partial charge in [0.05, 0.1) is 0 Å². The first kappa shape index (κ1) is 13.2. The predicted molar refractivity (Wildman–Crippen MR) is 81.8 cm³/mol. The van der Waals surface area contributed by atoms with Crippen LogP contribution in [0.25, 0.3) is 0 Å². The second-order valence-corrected chi connectivity index (χ2v) is 6.92. The van der Waals surface area contributed by atoms with Crippen LogP contribution in [0.1, 0.15) is 60.3 Å². The number of aryl methyl sites for hydroxylation is 3. The van der Waals surface area contributed by atoms with Crippen molar-refractivity contribution in [2.45, 2.75) is 58.8 Å². The van der Waals surface area contributed by atoms with Crippen molar-refractivity contribution >= 4 is 0 Å². The Morgan fingerprint density at radius 2 is 1.63 bits per heavy atom. The van der Waals surface area contributed by atoms with Crippen LogP contribution in [0.2, 0.25) is 0 Å². The summed E-state index contributed by atoms with van der Waals surface area (Å²) in [6.07, 6.45) is 7.17. The molecule has 0 radical (unpaired) electrons. The maximum Gasteiger partial charge on any atom is 0.00373 e. The van der Waals surface area contributed by atoms with Gasteiger partial charge in [-0.25, -0.2) is 0 Å². The van der Waals surface area contributed by atoms with Crippen molar-refractivity contribution in [3.63, 3.8) is 0 Å². The van der Waals surface area contributed by atoms with Crippen molar-refractivity contribution in [1.29, 1.82) is 0 Å². The molecule has 1 saturated heterocycles. The zero-order valence-corrected chi connectivity index (χ0v) is 12.7. The highest BCUT2D eigenvalue weighted by Crippen LogP contribution is 2.50. The fraction of sp³-hybridized carbons (Fsp3) is 0.667. The molecule has 1 nitrogen and oxygen atoms in total. The van der Waals surface area contributed by atoms with E-state index in [4.69, 9.17) is 0 Å². The average Bonchev–Trinajstić information content (AvgIpc) is 2.72. The van der Waals surface area contributed by atoms with E-state index in [1.807, 2.05) is 0 Å². The molecule has 1 aromatic rings. The maximum absolute atomic E-state index is 3.70. The van der Waals surface area contributed by atoms with Crippen molar-refractivity contribution in [2.24, 2.45) is 5.41 Å². The molecule has 1 heterocycles. The molecule has 1 atom stereocenters. The molecule has 2 fully saturated rings. The lowest BCUT2D eigenvalue weighted by Gasteiger charge is -2.39. The molecule has 3 rings (SSSR count). The molecule has 1 aliphatic carbocycles. The smallest absolute Gasteiger partial charge is 0.00373 e. The highest BCUT2D eigenvalue weighted by molar-refractivity contribution is 5.42. The van der Waals surface area contributed by atoms with E-state index in [1.165, 1.54) is 61.9 Å². The maximum atomic E-state index is 3.70. The molecule has 1 saturated carbocycles. The minimum absolute atomic E-state index is 0.559. The third-order valence-corrected chi connectivity index (χ3v) is 5.50. The first-order chi connectivity index (χ1) is 9.12. The number of benzene rings is 1. The van der Waals surface area contributed by atoms with Gasteiger partial charge in [-0.3, -0.25) is 0 Å². The predicted octanol–water partition coefficient (Wildman–Crippen LogP) is 4.25. The molecule has 2 aliphatic rings. The van der Waals surface area contributed by atoms with E-state index in [9.17, 15) is 0 Å². The second kappa shape index (κ2) is 4.94. The van der Waals surface area contributed by atoms with Gasteiger partial charge >= 0.3 is 0 Å². The molecular formula is C18H27N. The van der Waals surface area contributed by atoms with Crippen molar-refractivity contribution in [2.75, 3.05) is 13.1 Å². The van der Waals surface area contributed by atoms with Crippen LogP contribution in [-0.4, -0.2) is 13.1 Å². The van der Waals surface area contributed by atoms with Crippen LogP contribution in [0.15, 0.2) is 12.1 Å². The van der Waals surface area contributed by atoms with Crippen molar-refractivity contribution in [3.05, 3.63) is 34.4 Å². The summed E-state index contributed by atoms with van der Waals surface area (Å²) < 4.78 is 0. The average molecular weight is 257 g/mol. The Labute approximate surface area is 117 Å². The lowest BCUT2D eigenvalue weighted by atomic mass is 9.64. The van der Waals surface area contributed by atoms with Crippen LogP contribution in [0.4, 0.5) is 0 Å². The van der Waals surface area contributed by atoms with Crippen LogP contribution in [0.3, 0.4) is 0 Å². The van der Waals surface area contributed by atoms with E-state index in [0.29, 0.717) is 5.41 Å². The minimum Gasteiger partial charge on any atom is -0.316 e. The van der Waals surface area contributed by atoms with Gasteiger partial charge < -0.3 is 5.32 Å². The van der Waals surface area contributed by atoms with Crippen molar-refractivity contribution in [3.8, 4) is 0 Å². The molecule has 104 valence electrons. The van der Waals surface area contributed by atoms with Crippen LogP contribution in [0.5, 0.6) is 0 Å². The van der Waals surface area contributed by atoms with E-state index >= 15 is 0 Å². The Bertz CT molecular complexity index is 446. The summed E-state index contributed by atoms with van der Waals surface area (Å²) >= 11 is 0. The van der Waals surface area contributed by atoms with Crippen LogP contribution < -0.4 is 5.32 Å². The zero-order valence-electron chi connectivity index (χ0n) is 12.7. The largest absolute Gasteiger partial charge is 0.316 e. The Morgan fingerprint density at radius 1 is 1.00 bits per heavy atom. The summed E-state index contributed by atoms with van der Waals surface area (Å²) in [5.41, 5.74) is 6.63. The fourth-order valence-corrected chi connectivity index (χ4v) is 4.74.